The summed E-state index contributed by atoms with van der Waals surface area (Å²) in [6.07, 6.45) is 0.492. The summed E-state index contributed by atoms with van der Waals surface area (Å²) in [6, 6.07) is 0.116. The Morgan fingerprint density at radius 1 is 1.79 bits per heavy atom. The van der Waals surface area contributed by atoms with Crippen LogP contribution in [0.5, 0.6) is 0 Å². The average molecular weight is 217 g/mol. The number of hydrogen-bond acceptors (Lipinski definition) is 3. The molecule has 80 valence electrons. The van der Waals surface area contributed by atoms with Crippen LogP contribution in [0.25, 0.3) is 0 Å². The maximum Gasteiger partial charge on any atom is 0.222 e. The lowest BCUT2D eigenvalue weighted by atomic mass is 10.3. The Hall–Kier alpha value is -0.880. The zero-order chi connectivity index (χ0) is 10.4. The van der Waals surface area contributed by atoms with Crippen LogP contribution in [-0.2, 0) is 9.53 Å². The molecule has 1 saturated heterocycles. The highest BCUT2D eigenvalue weighted by Crippen LogP contribution is 1.98. The fraction of sp³-hybridized carbons (Fsp3) is 0.750. The Morgan fingerprint density at radius 3 is 3.14 bits per heavy atom. The Bertz CT molecular complexity index is 223. The standard InChI is InChI=1S/C8H15N3O2S/c1-13-3-2-9-8(14)11-6-4-7(12)10-5-6/h6H,2-5H2,1H3,(H,10,12)(H2,9,11,14). The van der Waals surface area contributed by atoms with E-state index in [1.807, 2.05) is 0 Å². The van der Waals surface area contributed by atoms with Crippen LogP contribution in [0.3, 0.4) is 0 Å². The van der Waals surface area contributed by atoms with E-state index in [9.17, 15) is 4.79 Å². The molecule has 0 aromatic heterocycles. The van der Waals surface area contributed by atoms with Crippen molar-refractivity contribution < 1.29 is 9.53 Å². The summed E-state index contributed by atoms with van der Waals surface area (Å²) in [7, 11) is 1.64. The lowest BCUT2D eigenvalue weighted by Crippen LogP contribution is -2.43. The number of hydrogen-bond donors (Lipinski definition) is 3. The maximum absolute atomic E-state index is 10.9. The second-order valence-electron chi connectivity index (χ2n) is 3.10. The second-order valence-corrected chi connectivity index (χ2v) is 3.51. The molecule has 1 fully saturated rings. The van der Waals surface area contributed by atoms with Crippen LogP contribution in [0, 0.1) is 0 Å². The van der Waals surface area contributed by atoms with Gasteiger partial charge in [0.25, 0.3) is 0 Å². The summed E-state index contributed by atoms with van der Waals surface area (Å²) in [6.45, 7) is 1.94. The number of carbonyl (C=O) groups excluding carboxylic acids is 1. The van der Waals surface area contributed by atoms with Crippen molar-refractivity contribution in [3.63, 3.8) is 0 Å². The van der Waals surface area contributed by atoms with E-state index in [0.717, 1.165) is 0 Å². The van der Waals surface area contributed by atoms with Crippen LogP contribution in [0.2, 0.25) is 0 Å². The molecular weight excluding hydrogens is 202 g/mol. The van der Waals surface area contributed by atoms with Gasteiger partial charge in [0.05, 0.1) is 12.6 Å². The summed E-state index contributed by atoms with van der Waals surface area (Å²) in [5.74, 6) is 0.0715. The molecule has 1 aliphatic heterocycles. The van der Waals surface area contributed by atoms with Crippen LogP contribution < -0.4 is 16.0 Å². The van der Waals surface area contributed by atoms with E-state index in [0.29, 0.717) is 31.2 Å². The van der Waals surface area contributed by atoms with Gasteiger partial charge in [0.15, 0.2) is 5.11 Å². The van der Waals surface area contributed by atoms with E-state index >= 15 is 0 Å². The molecule has 1 rings (SSSR count). The highest BCUT2D eigenvalue weighted by atomic mass is 32.1. The normalized spacial score (nSPS) is 20.4. The van der Waals surface area contributed by atoms with Crippen molar-refractivity contribution in [1.82, 2.24) is 16.0 Å². The third-order valence-corrected chi connectivity index (χ3v) is 2.17. The number of methoxy groups -OCH3 is 1. The van der Waals surface area contributed by atoms with Crippen LogP contribution >= 0.6 is 12.2 Å². The highest BCUT2D eigenvalue weighted by Gasteiger charge is 2.21. The SMILES string of the molecule is COCCNC(=S)NC1CNC(=O)C1. The quantitative estimate of drug-likeness (QED) is 0.416. The van der Waals surface area contributed by atoms with Crippen molar-refractivity contribution in [3.8, 4) is 0 Å². The van der Waals surface area contributed by atoms with Crippen molar-refractivity contribution >= 4 is 23.2 Å². The lowest BCUT2D eigenvalue weighted by molar-refractivity contribution is -0.119. The zero-order valence-electron chi connectivity index (χ0n) is 8.13. The van der Waals surface area contributed by atoms with Gasteiger partial charge in [0, 0.05) is 26.6 Å². The Kier molecular flexibility index (Phi) is 4.61. The monoisotopic (exact) mass is 217 g/mol. The first kappa shape index (κ1) is 11.2. The number of thiocarbonyl (C=S) groups is 1. The van der Waals surface area contributed by atoms with Gasteiger partial charge in [-0.05, 0) is 12.2 Å². The summed E-state index contributed by atoms with van der Waals surface area (Å²) < 4.78 is 4.86. The van der Waals surface area contributed by atoms with Crippen LogP contribution in [0.4, 0.5) is 0 Å². The molecule has 1 aliphatic rings. The molecule has 0 saturated carbocycles. The molecule has 3 N–H and O–H groups in total. The van der Waals surface area contributed by atoms with Gasteiger partial charge in [-0.15, -0.1) is 0 Å². The zero-order valence-corrected chi connectivity index (χ0v) is 8.95. The van der Waals surface area contributed by atoms with E-state index in [2.05, 4.69) is 16.0 Å². The first-order chi connectivity index (χ1) is 6.72. The van der Waals surface area contributed by atoms with Gasteiger partial charge in [-0.2, -0.15) is 0 Å². The molecular formula is C8H15N3O2S. The molecule has 1 atom stereocenters. The smallest absolute Gasteiger partial charge is 0.222 e. The molecule has 1 amide bonds. The van der Waals surface area contributed by atoms with Gasteiger partial charge >= 0.3 is 0 Å². The molecule has 5 nitrogen and oxygen atoms in total. The molecule has 1 heterocycles. The van der Waals surface area contributed by atoms with E-state index in [1.165, 1.54) is 0 Å². The minimum atomic E-state index is 0.0715. The van der Waals surface area contributed by atoms with Crippen molar-refractivity contribution in [2.24, 2.45) is 0 Å². The highest BCUT2D eigenvalue weighted by molar-refractivity contribution is 7.80. The van der Waals surface area contributed by atoms with Gasteiger partial charge in [-0.25, -0.2) is 0 Å². The molecule has 0 aromatic rings. The minimum absolute atomic E-state index is 0.0715. The number of carbonyl (C=O) groups is 1. The van der Waals surface area contributed by atoms with Crippen molar-refractivity contribution in [2.75, 3.05) is 26.8 Å². The largest absolute Gasteiger partial charge is 0.383 e. The Balaban J connectivity index is 2.11. The predicted octanol–water partition coefficient (Wildman–Crippen LogP) is -1.01. The predicted molar refractivity (Wildman–Crippen MR) is 57.0 cm³/mol. The number of ether oxygens (including phenoxy) is 1. The van der Waals surface area contributed by atoms with Gasteiger partial charge in [0.2, 0.25) is 5.91 Å². The molecule has 14 heavy (non-hydrogen) atoms. The number of nitrogens with one attached hydrogen (secondary N) is 3. The van der Waals surface area contributed by atoms with E-state index in [1.54, 1.807) is 7.11 Å². The van der Waals surface area contributed by atoms with Gasteiger partial charge < -0.3 is 20.7 Å². The van der Waals surface area contributed by atoms with Crippen molar-refractivity contribution in [2.45, 2.75) is 12.5 Å². The van der Waals surface area contributed by atoms with Crippen molar-refractivity contribution in [1.29, 1.82) is 0 Å². The van der Waals surface area contributed by atoms with Crippen LogP contribution in [-0.4, -0.2) is 43.9 Å². The summed E-state index contributed by atoms with van der Waals surface area (Å²) >= 11 is 5.03. The minimum Gasteiger partial charge on any atom is -0.383 e. The van der Waals surface area contributed by atoms with Crippen LogP contribution in [0.15, 0.2) is 0 Å². The lowest BCUT2D eigenvalue weighted by Gasteiger charge is -2.13. The molecule has 0 aromatic carbocycles. The molecule has 0 spiro atoms. The Morgan fingerprint density at radius 2 is 2.57 bits per heavy atom. The van der Waals surface area contributed by atoms with Crippen molar-refractivity contribution in [3.05, 3.63) is 0 Å². The molecule has 1 unspecified atom stereocenters. The summed E-state index contributed by atoms with van der Waals surface area (Å²) in [4.78, 5) is 10.9. The summed E-state index contributed by atoms with van der Waals surface area (Å²) in [5, 5.41) is 9.33. The fourth-order valence-electron chi connectivity index (χ4n) is 1.21. The van der Waals surface area contributed by atoms with Gasteiger partial charge in [-0.3, -0.25) is 4.79 Å². The summed E-state index contributed by atoms with van der Waals surface area (Å²) in [5.41, 5.74) is 0. The molecule has 0 aliphatic carbocycles. The second kappa shape index (κ2) is 5.77. The topological polar surface area (TPSA) is 62.4 Å². The molecule has 6 heteroatoms. The Labute approximate surface area is 88.6 Å². The average Bonchev–Trinajstić information content (AvgIpc) is 2.52. The van der Waals surface area contributed by atoms with Crippen LogP contribution in [0.1, 0.15) is 6.42 Å². The molecule has 0 radical (unpaired) electrons. The van der Waals surface area contributed by atoms with E-state index in [4.69, 9.17) is 17.0 Å². The first-order valence-corrected chi connectivity index (χ1v) is 4.93. The number of rotatable bonds is 4. The van der Waals surface area contributed by atoms with Gasteiger partial charge in [0.1, 0.15) is 0 Å². The first-order valence-electron chi connectivity index (χ1n) is 4.52. The third-order valence-electron chi connectivity index (χ3n) is 1.90. The van der Waals surface area contributed by atoms with Gasteiger partial charge in [-0.1, -0.05) is 0 Å². The third kappa shape index (κ3) is 3.89. The number of amides is 1. The van der Waals surface area contributed by atoms with E-state index < -0.39 is 0 Å². The maximum atomic E-state index is 10.9. The fourth-order valence-corrected chi connectivity index (χ4v) is 1.48. The molecule has 0 bridgehead atoms. The van der Waals surface area contributed by atoms with E-state index in [-0.39, 0.29) is 11.9 Å².